The van der Waals surface area contributed by atoms with Crippen molar-refractivity contribution in [2.24, 2.45) is 0 Å². The molecule has 152 valence electrons. The van der Waals surface area contributed by atoms with Gasteiger partial charge in [0.15, 0.2) is 0 Å². The Hall–Kier alpha value is -2.42. The Balaban J connectivity index is 1.81. The molecule has 0 aliphatic carbocycles. The molecule has 2 rings (SSSR count). The van der Waals surface area contributed by atoms with Crippen molar-refractivity contribution in [3.05, 3.63) is 60.1 Å². The van der Waals surface area contributed by atoms with Crippen molar-refractivity contribution in [1.82, 2.24) is 10.0 Å². The number of sulfonamides is 1. The average molecular weight is 407 g/mol. The third-order valence-corrected chi connectivity index (χ3v) is 5.12. The number of amides is 1. The van der Waals surface area contributed by atoms with Crippen molar-refractivity contribution in [3.63, 3.8) is 0 Å². The molecule has 1 heterocycles. The topological polar surface area (TPSA) is 97.6 Å². The van der Waals surface area contributed by atoms with Gasteiger partial charge in [0.05, 0.1) is 23.8 Å². The Labute approximate surface area is 165 Å². The number of furan rings is 1. The molecular weight excluding hydrogens is 380 g/mol. The van der Waals surface area contributed by atoms with E-state index in [2.05, 4.69) is 10.0 Å². The van der Waals surface area contributed by atoms with Crippen LogP contribution in [0.4, 0.5) is 0 Å². The van der Waals surface area contributed by atoms with E-state index < -0.39 is 10.0 Å². The van der Waals surface area contributed by atoms with Crippen LogP contribution in [0.3, 0.4) is 0 Å². The van der Waals surface area contributed by atoms with Gasteiger partial charge in [-0.3, -0.25) is 4.79 Å². The van der Waals surface area contributed by atoms with E-state index in [4.69, 9.17) is 9.15 Å². The SMILES string of the molecule is CC(C)OCCCNC(=O)/C=C/c1ccc(S(=O)(=O)NCc2ccco2)cc1. The second kappa shape index (κ2) is 10.8. The first kappa shape index (κ1) is 21.9. The van der Waals surface area contributed by atoms with Gasteiger partial charge >= 0.3 is 0 Å². The van der Waals surface area contributed by atoms with Crippen LogP contribution >= 0.6 is 0 Å². The van der Waals surface area contributed by atoms with Gasteiger partial charge in [-0.1, -0.05) is 12.1 Å². The number of ether oxygens (including phenoxy) is 1. The molecule has 1 aromatic carbocycles. The highest BCUT2D eigenvalue weighted by molar-refractivity contribution is 7.89. The summed E-state index contributed by atoms with van der Waals surface area (Å²) in [7, 11) is -3.63. The molecule has 0 unspecified atom stereocenters. The van der Waals surface area contributed by atoms with Crippen LogP contribution in [-0.2, 0) is 26.1 Å². The van der Waals surface area contributed by atoms with Crippen LogP contribution in [0.1, 0.15) is 31.6 Å². The van der Waals surface area contributed by atoms with E-state index in [-0.39, 0.29) is 23.5 Å². The van der Waals surface area contributed by atoms with Crippen LogP contribution in [-0.4, -0.2) is 33.6 Å². The highest BCUT2D eigenvalue weighted by Crippen LogP contribution is 2.12. The first-order chi connectivity index (χ1) is 13.4. The number of hydrogen-bond donors (Lipinski definition) is 2. The van der Waals surface area contributed by atoms with E-state index in [1.807, 2.05) is 13.8 Å². The van der Waals surface area contributed by atoms with Gasteiger partial charge in [-0.15, -0.1) is 0 Å². The summed E-state index contributed by atoms with van der Waals surface area (Å²) in [6.45, 7) is 5.15. The van der Waals surface area contributed by atoms with Crippen molar-refractivity contribution in [2.45, 2.75) is 37.8 Å². The molecule has 2 aromatic rings. The van der Waals surface area contributed by atoms with Crippen LogP contribution in [0.25, 0.3) is 6.08 Å². The number of carbonyl (C=O) groups excluding carboxylic acids is 1. The third-order valence-electron chi connectivity index (χ3n) is 3.71. The van der Waals surface area contributed by atoms with Gasteiger partial charge in [0.2, 0.25) is 15.9 Å². The van der Waals surface area contributed by atoms with Gasteiger partial charge in [0.25, 0.3) is 0 Å². The average Bonchev–Trinajstić information content (AvgIpc) is 3.18. The molecule has 0 saturated carbocycles. The van der Waals surface area contributed by atoms with Gasteiger partial charge in [0, 0.05) is 19.2 Å². The Bertz CT molecular complexity index is 857. The van der Waals surface area contributed by atoms with E-state index in [1.165, 1.54) is 24.5 Å². The van der Waals surface area contributed by atoms with E-state index in [9.17, 15) is 13.2 Å². The minimum absolute atomic E-state index is 0.0827. The Morgan fingerprint density at radius 1 is 1.21 bits per heavy atom. The van der Waals surface area contributed by atoms with Crippen molar-refractivity contribution < 1.29 is 22.4 Å². The van der Waals surface area contributed by atoms with Crippen molar-refractivity contribution in [3.8, 4) is 0 Å². The first-order valence-corrected chi connectivity index (χ1v) is 10.5. The van der Waals surface area contributed by atoms with Crippen LogP contribution in [0.2, 0.25) is 0 Å². The van der Waals surface area contributed by atoms with Crippen LogP contribution in [0, 0.1) is 0 Å². The quantitative estimate of drug-likeness (QED) is 0.442. The highest BCUT2D eigenvalue weighted by Gasteiger charge is 2.13. The molecule has 0 aliphatic heterocycles. The van der Waals surface area contributed by atoms with Gasteiger partial charge in [0.1, 0.15) is 5.76 Å². The maximum Gasteiger partial charge on any atom is 0.244 e. The van der Waals surface area contributed by atoms with E-state index in [1.54, 1.807) is 30.3 Å². The predicted molar refractivity (Wildman–Crippen MR) is 107 cm³/mol. The number of rotatable bonds is 11. The first-order valence-electron chi connectivity index (χ1n) is 9.06. The van der Waals surface area contributed by atoms with Crippen molar-refractivity contribution in [1.29, 1.82) is 0 Å². The lowest BCUT2D eigenvalue weighted by atomic mass is 10.2. The molecule has 8 heteroatoms. The molecular formula is C20H26N2O5S. The molecule has 0 radical (unpaired) electrons. The summed E-state index contributed by atoms with van der Waals surface area (Å²) in [5, 5.41) is 2.77. The largest absolute Gasteiger partial charge is 0.468 e. The second-order valence-corrected chi connectivity index (χ2v) is 8.14. The fourth-order valence-corrected chi connectivity index (χ4v) is 3.25. The fraction of sp³-hybridized carbons (Fsp3) is 0.350. The lowest BCUT2D eigenvalue weighted by Crippen LogP contribution is -2.23. The fourth-order valence-electron chi connectivity index (χ4n) is 2.25. The zero-order valence-corrected chi connectivity index (χ0v) is 16.9. The zero-order valence-electron chi connectivity index (χ0n) is 16.1. The lowest BCUT2D eigenvalue weighted by Gasteiger charge is -2.07. The summed E-state index contributed by atoms with van der Waals surface area (Å²) in [4.78, 5) is 11.9. The maximum absolute atomic E-state index is 12.3. The van der Waals surface area contributed by atoms with E-state index >= 15 is 0 Å². The Morgan fingerprint density at radius 2 is 1.96 bits per heavy atom. The molecule has 1 aromatic heterocycles. The molecule has 1 amide bonds. The van der Waals surface area contributed by atoms with Gasteiger partial charge in [-0.05, 0) is 56.2 Å². The Morgan fingerprint density at radius 3 is 2.61 bits per heavy atom. The van der Waals surface area contributed by atoms with Crippen LogP contribution in [0.15, 0.2) is 58.1 Å². The molecule has 28 heavy (non-hydrogen) atoms. The smallest absolute Gasteiger partial charge is 0.244 e. The normalized spacial score (nSPS) is 12.0. The summed E-state index contributed by atoms with van der Waals surface area (Å²) >= 11 is 0. The highest BCUT2D eigenvalue weighted by atomic mass is 32.2. The minimum Gasteiger partial charge on any atom is -0.468 e. The zero-order chi connectivity index (χ0) is 20.4. The predicted octanol–water partition coefficient (Wildman–Crippen LogP) is 2.70. The monoisotopic (exact) mass is 406 g/mol. The maximum atomic E-state index is 12.3. The minimum atomic E-state index is -3.63. The molecule has 0 fully saturated rings. The van der Waals surface area contributed by atoms with E-state index in [0.29, 0.717) is 18.9 Å². The molecule has 0 saturated heterocycles. The standard InChI is InChI=1S/C20H26N2O5S/c1-16(2)26-14-4-12-21-20(23)11-8-17-6-9-19(10-7-17)28(24,25)22-15-18-5-3-13-27-18/h3,5-11,13,16,22H,4,12,14-15H2,1-2H3,(H,21,23)/b11-8+. The molecule has 2 N–H and O–H groups in total. The molecule has 7 nitrogen and oxygen atoms in total. The van der Waals surface area contributed by atoms with E-state index in [0.717, 1.165) is 12.0 Å². The summed E-state index contributed by atoms with van der Waals surface area (Å²) in [6, 6.07) is 9.65. The molecule has 0 atom stereocenters. The molecule has 0 spiro atoms. The number of nitrogens with one attached hydrogen (secondary N) is 2. The van der Waals surface area contributed by atoms with Crippen molar-refractivity contribution >= 4 is 22.0 Å². The van der Waals surface area contributed by atoms with Gasteiger partial charge in [-0.2, -0.15) is 0 Å². The van der Waals surface area contributed by atoms with Crippen LogP contribution < -0.4 is 10.0 Å². The van der Waals surface area contributed by atoms with Crippen LogP contribution in [0.5, 0.6) is 0 Å². The molecule has 0 aliphatic rings. The number of carbonyl (C=O) groups is 1. The summed E-state index contributed by atoms with van der Waals surface area (Å²) in [6.07, 6.45) is 5.47. The van der Waals surface area contributed by atoms with Gasteiger partial charge in [-0.25, -0.2) is 13.1 Å². The number of hydrogen-bond acceptors (Lipinski definition) is 5. The third kappa shape index (κ3) is 7.67. The second-order valence-electron chi connectivity index (χ2n) is 6.37. The summed E-state index contributed by atoms with van der Waals surface area (Å²) in [5.41, 5.74) is 0.725. The summed E-state index contributed by atoms with van der Waals surface area (Å²) < 4.78 is 37.5. The lowest BCUT2D eigenvalue weighted by molar-refractivity contribution is -0.116. The van der Waals surface area contributed by atoms with Gasteiger partial charge < -0.3 is 14.5 Å². The molecule has 0 bridgehead atoms. The Kier molecular flexibility index (Phi) is 8.43. The summed E-state index contributed by atoms with van der Waals surface area (Å²) in [5.74, 6) is 0.325. The number of benzene rings is 1. The van der Waals surface area contributed by atoms with Crippen molar-refractivity contribution in [2.75, 3.05) is 13.2 Å².